The van der Waals surface area contributed by atoms with Crippen molar-refractivity contribution in [3.8, 4) is 0 Å². The summed E-state index contributed by atoms with van der Waals surface area (Å²) in [6.45, 7) is 7.89. The molecule has 1 aromatic carbocycles. The number of benzene rings is 1. The molecule has 0 saturated carbocycles. The van der Waals surface area contributed by atoms with Crippen LogP contribution < -0.4 is 16.4 Å². The average molecular weight is 313 g/mol. The molecule has 1 saturated heterocycles. The molecule has 5 heteroatoms. The van der Waals surface area contributed by atoms with Crippen LogP contribution in [-0.2, 0) is 6.54 Å². The van der Waals surface area contributed by atoms with Gasteiger partial charge in [-0.2, -0.15) is 0 Å². The van der Waals surface area contributed by atoms with Crippen LogP contribution >= 0.6 is 0 Å². The van der Waals surface area contributed by atoms with Gasteiger partial charge in [-0.3, -0.25) is 4.90 Å². The van der Waals surface area contributed by atoms with Gasteiger partial charge in [0.05, 0.1) is 18.5 Å². The van der Waals surface area contributed by atoms with E-state index in [1.807, 2.05) is 0 Å². The summed E-state index contributed by atoms with van der Waals surface area (Å²) in [7, 11) is 2.07. The van der Waals surface area contributed by atoms with Crippen LogP contribution in [0.4, 0.5) is 0 Å². The van der Waals surface area contributed by atoms with Gasteiger partial charge in [-0.25, -0.2) is 0 Å². The lowest BCUT2D eigenvalue weighted by Crippen LogP contribution is -2.52. The molecule has 5 nitrogen and oxygen atoms in total. The number of aromatic nitrogens is 1. The van der Waals surface area contributed by atoms with E-state index in [2.05, 4.69) is 65.3 Å². The molecule has 5 N–H and O–H groups in total. The summed E-state index contributed by atoms with van der Waals surface area (Å²) in [5, 5.41) is 8.08. The number of H-pyrrole nitrogens is 1. The van der Waals surface area contributed by atoms with Gasteiger partial charge in [0.15, 0.2) is 0 Å². The Kier molecular flexibility index (Phi) is 4.59. The molecule has 1 fully saturated rings. The number of piperidine rings is 1. The van der Waals surface area contributed by atoms with Crippen LogP contribution in [0.15, 0.2) is 36.7 Å². The molecule has 2 atom stereocenters. The van der Waals surface area contributed by atoms with Crippen molar-refractivity contribution in [1.82, 2.24) is 20.5 Å². The summed E-state index contributed by atoms with van der Waals surface area (Å²) in [5.74, 6) is 0.869. The van der Waals surface area contributed by atoms with Crippen molar-refractivity contribution in [3.05, 3.63) is 47.9 Å². The minimum atomic E-state index is 0.184. The minimum absolute atomic E-state index is 0.184. The molecule has 1 aliphatic rings. The molecule has 2 heterocycles. The van der Waals surface area contributed by atoms with Crippen molar-refractivity contribution in [2.75, 3.05) is 13.6 Å². The van der Waals surface area contributed by atoms with Gasteiger partial charge in [0, 0.05) is 23.8 Å². The van der Waals surface area contributed by atoms with Gasteiger partial charge in [-0.1, -0.05) is 18.2 Å². The summed E-state index contributed by atoms with van der Waals surface area (Å²) >= 11 is 0. The number of likely N-dealkylation sites (N-methyl/N-ethyl adjacent to an activating group) is 1. The van der Waals surface area contributed by atoms with Crippen molar-refractivity contribution >= 4 is 10.9 Å². The molecular formula is C18H27N5. The van der Waals surface area contributed by atoms with E-state index < -0.39 is 0 Å². The second-order valence-corrected chi connectivity index (χ2v) is 6.64. The number of nitrogens with zero attached hydrogens (tertiary/aromatic N) is 1. The molecule has 124 valence electrons. The van der Waals surface area contributed by atoms with E-state index in [1.54, 1.807) is 0 Å². The fourth-order valence-corrected chi connectivity index (χ4v) is 3.19. The molecule has 2 aromatic rings. The van der Waals surface area contributed by atoms with Crippen LogP contribution in [0.25, 0.3) is 10.9 Å². The van der Waals surface area contributed by atoms with Crippen LogP contribution in [0, 0.1) is 6.92 Å². The Balaban J connectivity index is 1.52. The molecule has 0 amide bonds. The normalized spacial score (nSPS) is 22.2. The monoisotopic (exact) mass is 313 g/mol. The van der Waals surface area contributed by atoms with E-state index in [-0.39, 0.29) is 6.17 Å². The van der Waals surface area contributed by atoms with E-state index in [0.29, 0.717) is 6.04 Å². The Morgan fingerprint density at radius 3 is 3.00 bits per heavy atom. The van der Waals surface area contributed by atoms with E-state index in [1.165, 1.54) is 16.5 Å². The van der Waals surface area contributed by atoms with Gasteiger partial charge in [-0.15, -0.1) is 0 Å². The summed E-state index contributed by atoms with van der Waals surface area (Å²) in [4.78, 5) is 5.63. The Labute approximate surface area is 137 Å². The number of nitrogens with one attached hydrogen (secondary N) is 3. The van der Waals surface area contributed by atoms with Crippen molar-refractivity contribution in [2.45, 2.75) is 38.5 Å². The minimum Gasteiger partial charge on any atom is -0.368 e. The Morgan fingerprint density at radius 2 is 2.22 bits per heavy atom. The molecule has 3 rings (SSSR count). The van der Waals surface area contributed by atoms with Gasteiger partial charge in [0.2, 0.25) is 0 Å². The standard InChI is InChI=1S/C18H27N5/c1-12-4-6-17-14(8-12)9-16(22-17)10-20-13(2)21-15-5-7-18(19)23(3)11-15/h4,6,8-9,15,18,20-22H,2,5,7,10-11,19H2,1,3H3/t15?,18-/m1/s1. The average Bonchev–Trinajstić information content (AvgIpc) is 2.91. The van der Waals surface area contributed by atoms with Crippen LogP contribution in [0.2, 0.25) is 0 Å². The molecule has 1 aliphatic heterocycles. The van der Waals surface area contributed by atoms with E-state index in [0.717, 1.165) is 37.4 Å². The van der Waals surface area contributed by atoms with Crippen molar-refractivity contribution in [1.29, 1.82) is 0 Å². The highest BCUT2D eigenvalue weighted by Crippen LogP contribution is 2.17. The lowest BCUT2D eigenvalue weighted by atomic mass is 10.0. The Morgan fingerprint density at radius 1 is 1.39 bits per heavy atom. The predicted molar refractivity (Wildman–Crippen MR) is 95.8 cm³/mol. The van der Waals surface area contributed by atoms with Crippen molar-refractivity contribution in [3.63, 3.8) is 0 Å². The fraction of sp³-hybridized carbons (Fsp3) is 0.444. The van der Waals surface area contributed by atoms with Crippen LogP contribution in [-0.4, -0.2) is 35.7 Å². The first-order chi connectivity index (χ1) is 11.0. The topological polar surface area (TPSA) is 69.1 Å². The molecule has 0 aliphatic carbocycles. The van der Waals surface area contributed by atoms with Gasteiger partial charge in [-0.05, 0) is 50.4 Å². The third kappa shape index (κ3) is 3.86. The highest BCUT2D eigenvalue weighted by Gasteiger charge is 2.22. The molecule has 1 aromatic heterocycles. The number of nitrogens with two attached hydrogens (primary N) is 1. The second kappa shape index (κ2) is 6.64. The maximum Gasteiger partial charge on any atom is 0.0918 e. The summed E-state index contributed by atoms with van der Waals surface area (Å²) < 4.78 is 0. The van der Waals surface area contributed by atoms with Crippen LogP contribution in [0.3, 0.4) is 0 Å². The number of aromatic amines is 1. The maximum absolute atomic E-state index is 6.01. The van der Waals surface area contributed by atoms with E-state index in [9.17, 15) is 0 Å². The molecule has 1 unspecified atom stereocenters. The number of fused-ring (bicyclic) bond motifs is 1. The molecule has 0 bridgehead atoms. The van der Waals surface area contributed by atoms with E-state index >= 15 is 0 Å². The second-order valence-electron chi connectivity index (χ2n) is 6.64. The van der Waals surface area contributed by atoms with Gasteiger partial charge < -0.3 is 21.4 Å². The van der Waals surface area contributed by atoms with E-state index in [4.69, 9.17) is 5.73 Å². The maximum atomic E-state index is 6.01. The third-order valence-corrected chi connectivity index (χ3v) is 4.59. The lowest BCUT2D eigenvalue weighted by Gasteiger charge is -2.36. The van der Waals surface area contributed by atoms with Gasteiger partial charge >= 0.3 is 0 Å². The van der Waals surface area contributed by atoms with Gasteiger partial charge in [0.25, 0.3) is 0 Å². The summed E-state index contributed by atoms with van der Waals surface area (Å²) in [6, 6.07) is 9.05. The zero-order valence-electron chi connectivity index (χ0n) is 14.0. The first kappa shape index (κ1) is 15.9. The van der Waals surface area contributed by atoms with Crippen LogP contribution in [0.1, 0.15) is 24.1 Å². The number of hydrogen-bond acceptors (Lipinski definition) is 4. The lowest BCUT2D eigenvalue weighted by molar-refractivity contribution is 0.161. The highest BCUT2D eigenvalue weighted by molar-refractivity contribution is 5.81. The molecule has 0 spiro atoms. The first-order valence-electron chi connectivity index (χ1n) is 8.24. The molecule has 0 radical (unpaired) electrons. The number of hydrogen-bond donors (Lipinski definition) is 4. The largest absolute Gasteiger partial charge is 0.368 e. The quantitative estimate of drug-likeness (QED) is 0.681. The number of likely N-dealkylation sites (tertiary alicyclic amines) is 1. The zero-order valence-corrected chi connectivity index (χ0v) is 14.0. The van der Waals surface area contributed by atoms with Gasteiger partial charge in [0.1, 0.15) is 0 Å². The molecular weight excluding hydrogens is 286 g/mol. The fourth-order valence-electron chi connectivity index (χ4n) is 3.19. The Hall–Kier alpha value is -1.98. The Bertz CT molecular complexity index is 690. The summed E-state index contributed by atoms with van der Waals surface area (Å²) in [6.07, 6.45) is 2.28. The van der Waals surface area contributed by atoms with Crippen molar-refractivity contribution in [2.24, 2.45) is 5.73 Å². The third-order valence-electron chi connectivity index (χ3n) is 4.59. The zero-order chi connectivity index (χ0) is 16.4. The molecule has 23 heavy (non-hydrogen) atoms. The van der Waals surface area contributed by atoms with Crippen LogP contribution in [0.5, 0.6) is 0 Å². The van der Waals surface area contributed by atoms with Crippen molar-refractivity contribution < 1.29 is 0 Å². The number of rotatable bonds is 5. The first-order valence-corrected chi connectivity index (χ1v) is 8.24. The SMILES string of the molecule is C=C(NCc1cc2cc(C)ccc2[nH]1)NC1CC[C@H](N)N(C)C1. The summed E-state index contributed by atoms with van der Waals surface area (Å²) in [5.41, 5.74) is 9.63. The number of aryl methyl sites for hydroxylation is 1. The smallest absolute Gasteiger partial charge is 0.0918 e. The predicted octanol–water partition coefficient (Wildman–Crippen LogP) is 2.01. The highest BCUT2D eigenvalue weighted by atomic mass is 15.2.